The summed E-state index contributed by atoms with van der Waals surface area (Å²) < 4.78 is 13.0. The van der Waals surface area contributed by atoms with Crippen molar-refractivity contribution in [2.24, 2.45) is 22.9 Å². The fraction of sp³-hybridized carbons (Fsp3) is 0.750. The summed E-state index contributed by atoms with van der Waals surface area (Å²) in [5.41, 5.74) is 31.2. The Bertz CT molecular complexity index is 3120. The molecule has 6 amide bonds. The molecule has 1 unspecified atom stereocenters. The molecule has 31 heteroatoms. The van der Waals surface area contributed by atoms with Gasteiger partial charge in [-0.3, -0.25) is 42.9 Å². The Labute approximate surface area is 663 Å². The molecule has 0 aliphatic rings. The van der Waals surface area contributed by atoms with Gasteiger partial charge in [0.15, 0.2) is 17.0 Å². The molecular weight excluding hydrogens is 1440 g/mol. The number of nitrogen functional groups attached to an aromatic ring is 1. The first-order valence-electron chi connectivity index (χ1n) is 41.7. The summed E-state index contributed by atoms with van der Waals surface area (Å²) in [6.07, 6.45) is 33.7. The van der Waals surface area contributed by atoms with Gasteiger partial charge in [-0.15, -0.1) is 0 Å². The molecule has 3 aromatic rings. The number of carbonyl (C=O) groups excluding carboxylic acids is 8. The Morgan fingerprint density at radius 3 is 1.40 bits per heavy atom. The highest BCUT2D eigenvalue weighted by molar-refractivity contribution is 7.99. The number of carboxylic acid groups (broad SMARTS) is 1. The number of imidazole rings is 1. The molecule has 0 spiro atoms. The molecule has 0 radical (unpaired) electrons. The normalized spacial score (nSPS) is 13.3. The number of aliphatic carboxylic acids is 1. The third-order valence-electron chi connectivity index (χ3n) is 19.5. The van der Waals surface area contributed by atoms with E-state index in [9.17, 15) is 58.5 Å². The molecule has 2 aromatic heterocycles. The maximum atomic E-state index is 14.6. The van der Waals surface area contributed by atoms with E-state index in [-0.39, 0.29) is 124 Å². The number of carboxylic acids is 1. The topological polar surface area (TPSA) is 491 Å². The molecule has 0 fully saturated rings. The Morgan fingerprint density at radius 2 is 0.928 bits per heavy atom. The first-order valence-corrected chi connectivity index (χ1v) is 42.9. The van der Waals surface area contributed by atoms with Crippen LogP contribution in [0.1, 0.15) is 294 Å². The molecule has 0 saturated carbocycles. The largest absolute Gasteiger partial charge is 0.480 e. The van der Waals surface area contributed by atoms with Gasteiger partial charge in [-0.05, 0) is 121 Å². The molecule has 0 aliphatic carbocycles. The van der Waals surface area contributed by atoms with E-state index in [4.69, 9.17) is 38.1 Å². The van der Waals surface area contributed by atoms with Crippen LogP contribution in [0.3, 0.4) is 0 Å². The van der Waals surface area contributed by atoms with Crippen LogP contribution in [0.25, 0.3) is 11.2 Å². The molecule has 3 rings (SSSR count). The minimum atomic E-state index is -1.63. The predicted molar refractivity (Wildman–Crippen MR) is 437 cm³/mol. The van der Waals surface area contributed by atoms with Crippen molar-refractivity contribution in [2.45, 2.75) is 327 Å². The first kappa shape index (κ1) is 97.7. The van der Waals surface area contributed by atoms with Crippen LogP contribution in [0, 0.1) is 0 Å². The SMILES string of the molecule is CCCCCCCCCCCCCCCC(=O)OCC(CSC[C@H](N)C(=O)N[C@@H](CO)C(=O)N[C@@H](CCCCN)C(=O)N[C@@H](CCNC(=O)c1ccc(Cn2c(O)nc3c(N)nc(NCCCC)nc32)cc1)C(=O)N[C@@H](CCCCN)C(=O)N[C@@H](CCCCN)C(=O)O)OC(=O)CCCCCCCCCCCCCCC. The van der Waals surface area contributed by atoms with Crippen molar-refractivity contribution in [1.82, 2.24) is 51.4 Å². The fourth-order valence-electron chi connectivity index (χ4n) is 12.7. The highest BCUT2D eigenvalue weighted by Gasteiger charge is 2.34. The van der Waals surface area contributed by atoms with E-state index < -0.39 is 102 Å². The predicted octanol–water partition coefficient (Wildman–Crippen LogP) is 8.86. The summed E-state index contributed by atoms with van der Waals surface area (Å²) in [5, 5.41) is 50.3. The van der Waals surface area contributed by atoms with E-state index in [0.717, 1.165) is 51.4 Å². The summed E-state index contributed by atoms with van der Waals surface area (Å²) >= 11 is 1.17. The van der Waals surface area contributed by atoms with E-state index >= 15 is 0 Å². The number of nitrogens with two attached hydrogens (primary N) is 5. The number of nitrogens with zero attached hydrogens (tertiary/aromatic N) is 4. The number of aliphatic hydroxyl groups is 1. The van der Waals surface area contributed by atoms with Crippen LogP contribution in [0.15, 0.2) is 24.3 Å². The number of aromatic hydroxyl groups is 1. The first-order chi connectivity index (χ1) is 53.7. The lowest BCUT2D eigenvalue weighted by atomic mass is 10.0. The van der Waals surface area contributed by atoms with Crippen molar-refractivity contribution in [3.8, 4) is 6.01 Å². The van der Waals surface area contributed by atoms with Crippen LogP contribution < -0.4 is 65.9 Å². The van der Waals surface area contributed by atoms with Crippen LogP contribution in [0.2, 0.25) is 0 Å². The number of fused-ring (bicyclic) bond motifs is 1. The number of aromatic nitrogens is 4. The highest BCUT2D eigenvalue weighted by atomic mass is 32.2. The van der Waals surface area contributed by atoms with Crippen molar-refractivity contribution in [3.63, 3.8) is 0 Å². The maximum absolute atomic E-state index is 14.6. The molecular formula is C80H140N16O14S. The Hall–Kier alpha value is -7.45. The number of amides is 6. The minimum absolute atomic E-state index is 0.0215. The second-order valence-corrected chi connectivity index (χ2v) is 30.3. The van der Waals surface area contributed by atoms with Gasteiger partial charge in [0.2, 0.25) is 35.5 Å². The fourth-order valence-corrected chi connectivity index (χ4v) is 13.7. The lowest BCUT2D eigenvalue weighted by Crippen LogP contribution is -2.60. The zero-order valence-electron chi connectivity index (χ0n) is 67.1. The summed E-state index contributed by atoms with van der Waals surface area (Å²) in [5.74, 6) is -6.68. The zero-order valence-corrected chi connectivity index (χ0v) is 67.9. The Kier molecular flexibility index (Phi) is 53.8. The second-order valence-electron chi connectivity index (χ2n) is 29.2. The van der Waals surface area contributed by atoms with Gasteiger partial charge >= 0.3 is 17.9 Å². The molecule has 0 bridgehead atoms. The summed E-state index contributed by atoms with van der Waals surface area (Å²) in [4.78, 5) is 136. The van der Waals surface area contributed by atoms with E-state index in [1.165, 1.54) is 132 Å². The number of esters is 2. The molecule has 111 heavy (non-hydrogen) atoms. The quantitative estimate of drug-likeness (QED) is 0.0185. The molecule has 1 aromatic carbocycles. The number of hydrogen-bond donors (Lipinski definition) is 15. The molecule has 20 N–H and O–H groups in total. The van der Waals surface area contributed by atoms with Gasteiger partial charge < -0.3 is 90.7 Å². The van der Waals surface area contributed by atoms with Crippen molar-refractivity contribution < 1.29 is 67.9 Å². The van der Waals surface area contributed by atoms with Gasteiger partial charge in [0.25, 0.3) is 11.9 Å². The van der Waals surface area contributed by atoms with Crippen molar-refractivity contribution in [2.75, 3.05) is 68.5 Å². The number of thioether (sulfide) groups is 1. The molecule has 0 aliphatic heterocycles. The molecule has 30 nitrogen and oxygen atoms in total. The Balaban J connectivity index is 1.76. The van der Waals surface area contributed by atoms with Crippen molar-refractivity contribution >= 4 is 88.0 Å². The molecule has 2 heterocycles. The number of ether oxygens (including phenoxy) is 2. The number of unbranched alkanes of at least 4 members (excludes halogenated alkanes) is 28. The van der Waals surface area contributed by atoms with Crippen LogP contribution in [0.5, 0.6) is 6.01 Å². The van der Waals surface area contributed by atoms with E-state index in [0.29, 0.717) is 63.6 Å². The van der Waals surface area contributed by atoms with Gasteiger partial charge in [-0.1, -0.05) is 193 Å². The smallest absolute Gasteiger partial charge is 0.326 e. The van der Waals surface area contributed by atoms with Crippen molar-refractivity contribution in [1.29, 1.82) is 0 Å². The summed E-state index contributed by atoms with van der Waals surface area (Å²) in [6.45, 7) is 6.60. The van der Waals surface area contributed by atoms with Gasteiger partial charge in [0.05, 0.1) is 19.2 Å². The lowest BCUT2D eigenvalue weighted by molar-refractivity contribution is -0.157. The second kappa shape index (κ2) is 61.1. The van der Waals surface area contributed by atoms with E-state index in [1.54, 1.807) is 24.3 Å². The van der Waals surface area contributed by atoms with Crippen LogP contribution in [0.4, 0.5) is 11.8 Å². The molecule has 7 atom stereocenters. The Morgan fingerprint density at radius 1 is 0.495 bits per heavy atom. The maximum Gasteiger partial charge on any atom is 0.326 e. The van der Waals surface area contributed by atoms with Gasteiger partial charge in [-0.2, -0.15) is 26.7 Å². The molecule has 630 valence electrons. The van der Waals surface area contributed by atoms with Crippen molar-refractivity contribution in [3.05, 3.63) is 35.4 Å². The minimum Gasteiger partial charge on any atom is -0.480 e. The average Bonchev–Trinajstić information content (AvgIpc) is 1.64. The highest BCUT2D eigenvalue weighted by Crippen LogP contribution is 2.26. The average molecular weight is 1580 g/mol. The van der Waals surface area contributed by atoms with Gasteiger partial charge in [0.1, 0.15) is 42.9 Å². The number of carbonyl (C=O) groups is 9. The molecule has 0 saturated heterocycles. The summed E-state index contributed by atoms with van der Waals surface area (Å²) in [6, 6.07) is -2.41. The third-order valence-corrected chi connectivity index (χ3v) is 20.7. The number of rotatable bonds is 69. The number of nitrogens with one attached hydrogen (secondary N) is 7. The van der Waals surface area contributed by atoms with Gasteiger partial charge in [0, 0.05) is 43.0 Å². The van der Waals surface area contributed by atoms with E-state index in [2.05, 4.69) is 66.0 Å². The number of aliphatic hydroxyl groups excluding tert-OH is 1. The van der Waals surface area contributed by atoms with Gasteiger partial charge in [-0.25, -0.2) is 4.79 Å². The number of benzene rings is 1. The van der Waals surface area contributed by atoms with Crippen LogP contribution in [-0.2, 0) is 54.4 Å². The monoisotopic (exact) mass is 1580 g/mol. The van der Waals surface area contributed by atoms with E-state index in [1.807, 2.05) is 6.92 Å². The number of anilines is 2. The zero-order chi connectivity index (χ0) is 81.2. The lowest BCUT2D eigenvalue weighted by Gasteiger charge is -2.27. The third kappa shape index (κ3) is 42.9. The number of hydrogen-bond acceptors (Lipinski definition) is 23. The van der Waals surface area contributed by atoms with Crippen LogP contribution in [-0.4, -0.2) is 188 Å². The standard InChI is InChI=1S/C80H140N16O14S/c1-4-7-10-12-14-16-18-20-22-24-26-28-30-41-67(98)109-55-60(110-68(99)42-31-29-27-25-23-21-19-17-15-13-11-8-5-2)56-111-57-61(84)73(101)92-66(54-97)77(105)89-62(38-32-35-48-81)74(102)90-64(76(104)88-63(39-33-36-49-82)75(103)91-65(78(106)107)40-34-37-50-83)47-52-86-72(100)59-45-43-58(44-46-59)53-96-71-69(93-80(96)108)70(85)94-79(95-71)87-51-9-6-3/h43-46,60-66,97H,4-42,47-57,81-84H2,1-3H3,(H,86,100)(H,88,104)(H,89,105)(H,90,102)(H,91,103)(H,92,101)(H,93,108)(H,106,107)(H3,85,87,94,95)/t60?,61-,62-,63-,64-,65-,66-/m0/s1. The summed E-state index contributed by atoms with van der Waals surface area (Å²) in [7, 11) is 0. The van der Waals surface area contributed by atoms with Crippen LogP contribution >= 0.6 is 11.8 Å².